The van der Waals surface area contributed by atoms with Crippen LogP contribution in [0.3, 0.4) is 0 Å². The Bertz CT molecular complexity index is 417. The highest BCUT2D eigenvalue weighted by Gasteiger charge is 2.12. The van der Waals surface area contributed by atoms with E-state index in [-0.39, 0.29) is 0 Å². The van der Waals surface area contributed by atoms with Crippen LogP contribution in [0, 0.1) is 0 Å². The topological polar surface area (TPSA) is 42.5 Å². The molecule has 1 atom stereocenters. The van der Waals surface area contributed by atoms with Gasteiger partial charge in [0.25, 0.3) is 0 Å². The molecule has 1 aliphatic rings. The Hall–Kier alpha value is -1.26. The molecule has 0 aliphatic carbocycles. The van der Waals surface area contributed by atoms with Crippen molar-refractivity contribution in [2.45, 2.75) is 39.2 Å². The van der Waals surface area contributed by atoms with Gasteiger partial charge in [0.1, 0.15) is 0 Å². The van der Waals surface area contributed by atoms with Crippen molar-refractivity contribution in [1.29, 1.82) is 0 Å². The molecule has 1 saturated heterocycles. The molecule has 0 aromatic heterocycles. The summed E-state index contributed by atoms with van der Waals surface area (Å²) in [5.41, 5.74) is 1.29. The van der Waals surface area contributed by atoms with Crippen molar-refractivity contribution in [3.05, 3.63) is 23.8 Å². The minimum absolute atomic E-state index is 0.618. The third-order valence-electron chi connectivity index (χ3n) is 3.75. The van der Waals surface area contributed by atoms with Crippen molar-refractivity contribution in [1.82, 2.24) is 10.6 Å². The summed E-state index contributed by atoms with van der Waals surface area (Å²) in [7, 11) is 0. The van der Waals surface area contributed by atoms with Gasteiger partial charge in [-0.1, -0.05) is 6.07 Å². The van der Waals surface area contributed by atoms with Gasteiger partial charge >= 0.3 is 0 Å². The maximum absolute atomic E-state index is 5.67. The molecule has 1 fully saturated rings. The first-order valence-electron chi connectivity index (χ1n) is 8.16. The van der Waals surface area contributed by atoms with E-state index in [0.29, 0.717) is 19.3 Å². The summed E-state index contributed by atoms with van der Waals surface area (Å²) in [5, 5.41) is 7.06. The van der Waals surface area contributed by atoms with Crippen LogP contribution in [0.25, 0.3) is 0 Å². The van der Waals surface area contributed by atoms with Crippen LogP contribution >= 0.6 is 0 Å². The molecule has 0 spiro atoms. The minimum atomic E-state index is 0.618. The molecule has 1 aromatic rings. The number of nitrogens with one attached hydrogen (secondary N) is 2. The highest BCUT2D eigenvalue weighted by atomic mass is 16.5. The molecule has 0 radical (unpaired) electrons. The number of benzene rings is 1. The Morgan fingerprint density at radius 3 is 2.71 bits per heavy atom. The van der Waals surface area contributed by atoms with Crippen LogP contribution in [0.1, 0.15) is 32.3 Å². The van der Waals surface area contributed by atoms with Crippen LogP contribution < -0.4 is 20.1 Å². The highest BCUT2D eigenvalue weighted by molar-refractivity contribution is 5.43. The van der Waals surface area contributed by atoms with Crippen LogP contribution in [0.15, 0.2) is 18.2 Å². The van der Waals surface area contributed by atoms with Gasteiger partial charge in [0.05, 0.1) is 13.2 Å². The largest absolute Gasteiger partial charge is 0.490 e. The van der Waals surface area contributed by atoms with Crippen LogP contribution in [0.4, 0.5) is 0 Å². The lowest BCUT2D eigenvalue weighted by Gasteiger charge is -2.24. The molecule has 118 valence electrons. The quantitative estimate of drug-likeness (QED) is 0.772. The molecule has 1 unspecified atom stereocenters. The van der Waals surface area contributed by atoms with E-state index in [4.69, 9.17) is 9.47 Å². The summed E-state index contributed by atoms with van der Waals surface area (Å²) in [4.78, 5) is 0. The van der Waals surface area contributed by atoms with Crippen molar-refractivity contribution < 1.29 is 9.47 Å². The minimum Gasteiger partial charge on any atom is -0.490 e. The molecule has 1 heterocycles. The number of hydrogen-bond acceptors (Lipinski definition) is 4. The Morgan fingerprint density at radius 1 is 1.19 bits per heavy atom. The van der Waals surface area contributed by atoms with Gasteiger partial charge < -0.3 is 20.1 Å². The van der Waals surface area contributed by atoms with Gasteiger partial charge in [0.15, 0.2) is 11.5 Å². The molecule has 4 heteroatoms. The fraction of sp³-hybridized carbons (Fsp3) is 0.647. The lowest BCUT2D eigenvalue weighted by atomic mass is 10.1. The molecule has 2 N–H and O–H groups in total. The summed E-state index contributed by atoms with van der Waals surface area (Å²) in [6.07, 6.45) is 3.57. The van der Waals surface area contributed by atoms with Crippen molar-refractivity contribution in [2.75, 3.05) is 32.8 Å². The van der Waals surface area contributed by atoms with E-state index >= 15 is 0 Å². The fourth-order valence-electron chi connectivity index (χ4n) is 2.70. The average molecular weight is 292 g/mol. The summed E-state index contributed by atoms with van der Waals surface area (Å²) < 4.78 is 11.3. The third-order valence-corrected chi connectivity index (χ3v) is 3.75. The zero-order valence-corrected chi connectivity index (χ0v) is 13.3. The van der Waals surface area contributed by atoms with Gasteiger partial charge in [-0.05, 0) is 63.9 Å². The van der Waals surface area contributed by atoms with Crippen molar-refractivity contribution >= 4 is 0 Å². The molecule has 0 saturated carbocycles. The maximum atomic E-state index is 5.67. The van der Waals surface area contributed by atoms with Gasteiger partial charge in [-0.3, -0.25) is 0 Å². The highest BCUT2D eigenvalue weighted by Crippen LogP contribution is 2.28. The first kappa shape index (κ1) is 16.1. The van der Waals surface area contributed by atoms with Crippen molar-refractivity contribution in [2.24, 2.45) is 0 Å². The predicted molar refractivity (Wildman–Crippen MR) is 86.4 cm³/mol. The summed E-state index contributed by atoms with van der Waals surface area (Å²) in [6.45, 7) is 8.57. The average Bonchev–Trinajstić information content (AvgIpc) is 2.51. The smallest absolute Gasteiger partial charge is 0.161 e. The Morgan fingerprint density at radius 2 is 2.00 bits per heavy atom. The standard InChI is InChI=1S/C17H28N2O2/c1-3-20-16-8-7-14(12-17(16)21-4-2)9-11-19-15-6-5-10-18-13-15/h7-8,12,15,18-19H,3-6,9-11,13H2,1-2H3. The van der Waals surface area contributed by atoms with E-state index in [0.717, 1.165) is 37.6 Å². The van der Waals surface area contributed by atoms with Crippen LogP contribution in [-0.4, -0.2) is 38.9 Å². The summed E-state index contributed by atoms with van der Waals surface area (Å²) in [5.74, 6) is 1.70. The zero-order valence-electron chi connectivity index (χ0n) is 13.3. The van der Waals surface area contributed by atoms with Crippen LogP contribution in [0.5, 0.6) is 11.5 Å². The van der Waals surface area contributed by atoms with E-state index in [2.05, 4.69) is 22.8 Å². The van der Waals surface area contributed by atoms with E-state index in [1.807, 2.05) is 19.9 Å². The molecule has 1 aromatic carbocycles. The molecule has 0 bridgehead atoms. The van der Waals surface area contributed by atoms with E-state index in [9.17, 15) is 0 Å². The second-order valence-electron chi connectivity index (χ2n) is 5.39. The zero-order chi connectivity index (χ0) is 14.9. The number of ether oxygens (including phenoxy) is 2. The predicted octanol–water partition coefficient (Wildman–Crippen LogP) is 2.37. The van der Waals surface area contributed by atoms with Crippen LogP contribution in [0.2, 0.25) is 0 Å². The van der Waals surface area contributed by atoms with Crippen molar-refractivity contribution in [3.8, 4) is 11.5 Å². The molecular weight excluding hydrogens is 264 g/mol. The summed E-state index contributed by atoms with van der Waals surface area (Å²) >= 11 is 0. The maximum Gasteiger partial charge on any atom is 0.161 e. The lowest BCUT2D eigenvalue weighted by molar-refractivity contribution is 0.287. The molecule has 21 heavy (non-hydrogen) atoms. The number of hydrogen-bond donors (Lipinski definition) is 2. The molecule has 0 amide bonds. The van der Waals surface area contributed by atoms with Gasteiger partial charge in [-0.2, -0.15) is 0 Å². The van der Waals surface area contributed by atoms with Crippen molar-refractivity contribution in [3.63, 3.8) is 0 Å². The molecule has 4 nitrogen and oxygen atoms in total. The fourth-order valence-corrected chi connectivity index (χ4v) is 2.70. The molecule has 2 rings (SSSR count). The Labute approximate surface area is 128 Å². The summed E-state index contributed by atoms with van der Waals surface area (Å²) in [6, 6.07) is 6.88. The Kier molecular flexibility index (Phi) is 6.83. The molecular formula is C17H28N2O2. The monoisotopic (exact) mass is 292 g/mol. The van der Waals surface area contributed by atoms with E-state index in [1.54, 1.807) is 0 Å². The van der Waals surface area contributed by atoms with Gasteiger partial charge in [0, 0.05) is 12.6 Å². The third kappa shape index (κ3) is 5.21. The first-order chi connectivity index (χ1) is 10.3. The second-order valence-corrected chi connectivity index (χ2v) is 5.39. The number of piperidine rings is 1. The van der Waals surface area contributed by atoms with E-state index < -0.39 is 0 Å². The Balaban J connectivity index is 1.85. The first-order valence-corrected chi connectivity index (χ1v) is 8.16. The van der Waals surface area contributed by atoms with Gasteiger partial charge in [0.2, 0.25) is 0 Å². The lowest BCUT2D eigenvalue weighted by Crippen LogP contribution is -2.43. The molecule has 1 aliphatic heterocycles. The van der Waals surface area contributed by atoms with Gasteiger partial charge in [-0.25, -0.2) is 0 Å². The van der Waals surface area contributed by atoms with Gasteiger partial charge in [-0.15, -0.1) is 0 Å². The van der Waals surface area contributed by atoms with Crippen LogP contribution in [-0.2, 0) is 6.42 Å². The van der Waals surface area contributed by atoms with E-state index in [1.165, 1.54) is 18.4 Å². The number of rotatable bonds is 8. The second kappa shape index (κ2) is 8.90. The normalized spacial score (nSPS) is 18.5. The SMILES string of the molecule is CCOc1ccc(CCNC2CCCNC2)cc1OCC.